The maximum atomic E-state index is 12.5. The molecule has 72 heavy (non-hydrogen) atoms. The van der Waals surface area contributed by atoms with E-state index in [4.69, 9.17) is 0 Å². The topological polar surface area (TPSA) is 69.6 Å². The van der Waals surface area contributed by atoms with E-state index >= 15 is 0 Å². The highest BCUT2D eigenvalue weighted by atomic mass is 16.3. The van der Waals surface area contributed by atoms with Gasteiger partial charge < -0.3 is 15.5 Å². The van der Waals surface area contributed by atoms with Gasteiger partial charge in [0.25, 0.3) is 0 Å². The molecule has 424 valence electrons. The van der Waals surface area contributed by atoms with Crippen molar-refractivity contribution in [3.05, 3.63) is 48.6 Å². The van der Waals surface area contributed by atoms with Gasteiger partial charge in [-0.25, -0.2) is 0 Å². The fourth-order valence-electron chi connectivity index (χ4n) is 10.3. The van der Waals surface area contributed by atoms with Gasteiger partial charge in [-0.1, -0.05) is 339 Å². The van der Waals surface area contributed by atoms with Crippen LogP contribution in [0.2, 0.25) is 0 Å². The molecule has 0 bridgehead atoms. The molecule has 0 heterocycles. The summed E-state index contributed by atoms with van der Waals surface area (Å²) in [5.41, 5.74) is 0. The molecule has 0 saturated heterocycles. The summed E-state index contributed by atoms with van der Waals surface area (Å²) >= 11 is 0. The number of carbonyl (C=O) groups excluding carboxylic acids is 1. The predicted molar refractivity (Wildman–Crippen MR) is 322 cm³/mol. The van der Waals surface area contributed by atoms with Crippen LogP contribution in [0.4, 0.5) is 0 Å². The van der Waals surface area contributed by atoms with E-state index in [0.717, 1.165) is 38.5 Å². The summed E-state index contributed by atoms with van der Waals surface area (Å²) in [5, 5.41) is 23.2. The summed E-state index contributed by atoms with van der Waals surface area (Å²) in [6.07, 6.45) is 89.0. The highest BCUT2D eigenvalue weighted by Crippen LogP contribution is 2.18. The van der Waals surface area contributed by atoms with Crippen LogP contribution in [0.1, 0.15) is 361 Å². The van der Waals surface area contributed by atoms with Gasteiger partial charge in [-0.3, -0.25) is 4.79 Å². The summed E-state index contributed by atoms with van der Waals surface area (Å²) in [4.78, 5) is 12.5. The molecule has 0 fully saturated rings. The third kappa shape index (κ3) is 59.2. The average Bonchev–Trinajstić information content (AvgIpc) is 3.39. The molecule has 0 aliphatic rings. The van der Waals surface area contributed by atoms with E-state index in [1.807, 2.05) is 6.08 Å². The zero-order chi connectivity index (χ0) is 52.0. The summed E-state index contributed by atoms with van der Waals surface area (Å²) in [7, 11) is 0. The Labute approximate surface area is 452 Å². The normalized spacial score (nSPS) is 13.0. The van der Waals surface area contributed by atoms with Crippen LogP contribution in [0.3, 0.4) is 0 Å². The van der Waals surface area contributed by atoms with Crippen LogP contribution >= 0.6 is 0 Å². The molecule has 1 amide bonds. The van der Waals surface area contributed by atoms with Gasteiger partial charge in [-0.15, -0.1) is 0 Å². The standard InChI is InChI=1S/C68H129NO3/c1-3-5-7-9-11-13-15-17-19-21-23-25-27-28-29-30-31-32-33-34-35-36-37-38-39-40-42-44-46-48-50-52-54-56-58-60-62-64-68(72)69-66(65-70)67(71)63-61-59-57-55-53-51-49-47-45-43-41-26-24-22-20-18-16-14-12-10-8-6-4-2/h29-30,32-33,53,55,61,63,66-67,70-71H,3-28,31,34-52,54,56-60,62,64-65H2,1-2H3,(H,69,72)/b30-29-,33-32-,55-53+,63-61+. The van der Waals surface area contributed by atoms with Crippen molar-refractivity contribution in [2.45, 2.75) is 373 Å². The molecule has 4 nitrogen and oxygen atoms in total. The maximum absolute atomic E-state index is 12.5. The van der Waals surface area contributed by atoms with Gasteiger partial charge in [0, 0.05) is 6.42 Å². The Bertz CT molecular complexity index is 1140. The number of hydrogen-bond donors (Lipinski definition) is 3. The SMILES string of the molecule is CCCCCCCCCCCCCCC/C=C\C/C=C\CCCCCCCCCCCCCCCCCCCC(=O)NC(CO)C(O)/C=C/CC/C=C/CCCCCCCCCCCCCCCCCCC. The number of carbonyl (C=O) groups is 1. The Kier molecular flexibility index (Phi) is 62.2. The molecule has 0 aromatic carbocycles. The molecule has 3 N–H and O–H groups in total. The first-order valence-electron chi connectivity index (χ1n) is 32.9. The van der Waals surface area contributed by atoms with E-state index in [9.17, 15) is 15.0 Å². The van der Waals surface area contributed by atoms with E-state index in [1.54, 1.807) is 6.08 Å². The van der Waals surface area contributed by atoms with Gasteiger partial charge in [0.15, 0.2) is 0 Å². The van der Waals surface area contributed by atoms with Gasteiger partial charge in [-0.2, -0.15) is 0 Å². The van der Waals surface area contributed by atoms with Gasteiger partial charge in [0.05, 0.1) is 18.8 Å². The number of aliphatic hydroxyl groups excluding tert-OH is 2. The van der Waals surface area contributed by atoms with Crippen molar-refractivity contribution >= 4 is 5.91 Å². The number of aliphatic hydroxyl groups is 2. The third-order valence-corrected chi connectivity index (χ3v) is 15.3. The lowest BCUT2D eigenvalue weighted by Crippen LogP contribution is -2.45. The lowest BCUT2D eigenvalue weighted by molar-refractivity contribution is -0.123. The van der Waals surface area contributed by atoms with Gasteiger partial charge in [-0.05, 0) is 64.2 Å². The molecule has 2 unspecified atom stereocenters. The Morgan fingerprint density at radius 1 is 0.333 bits per heavy atom. The molecule has 0 rings (SSSR count). The first-order valence-corrected chi connectivity index (χ1v) is 32.9. The highest BCUT2D eigenvalue weighted by Gasteiger charge is 2.18. The summed E-state index contributed by atoms with van der Waals surface area (Å²) in [6, 6.07) is -0.640. The molecular weight excluding hydrogens is 879 g/mol. The number of rotatable bonds is 61. The van der Waals surface area contributed by atoms with Gasteiger partial charge >= 0.3 is 0 Å². The second-order valence-corrected chi connectivity index (χ2v) is 22.5. The van der Waals surface area contributed by atoms with Crippen LogP contribution in [0, 0.1) is 0 Å². The van der Waals surface area contributed by atoms with Crippen molar-refractivity contribution in [2.75, 3.05) is 6.61 Å². The van der Waals surface area contributed by atoms with E-state index in [0.29, 0.717) is 6.42 Å². The minimum absolute atomic E-state index is 0.0686. The van der Waals surface area contributed by atoms with E-state index < -0.39 is 12.1 Å². The first-order chi connectivity index (χ1) is 35.7. The number of allylic oxidation sites excluding steroid dienone is 7. The first kappa shape index (κ1) is 70.3. The maximum Gasteiger partial charge on any atom is 0.220 e. The van der Waals surface area contributed by atoms with Crippen molar-refractivity contribution in [3.8, 4) is 0 Å². The fraction of sp³-hybridized carbons (Fsp3) is 0.868. The Morgan fingerprint density at radius 2 is 0.583 bits per heavy atom. The fourth-order valence-corrected chi connectivity index (χ4v) is 10.3. The Hall–Kier alpha value is -1.65. The Morgan fingerprint density at radius 3 is 0.889 bits per heavy atom. The van der Waals surface area contributed by atoms with Crippen molar-refractivity contribution in [1.29, 1.82) is 0 Å². The zero-order valence-electron chi connectivity index (χ0n) is 49.0. The molecular formula is C68H129NO3. The molecule has 0 saturated carbocycles. The summed E-state index contributed by atoms with van der Waals surface area (Å²) in [5.74, 6) is -0.0686. The third-order valence-electron chi connectivity index (χ3n) is 15.3. The molecule has 2 atom stereocenters. The molecule has 0 spiro atoms. The minimum Gasteiger partial charge on any atom is -0.394 e. The second kappa shape index (κ2) is 63.6. The van der Waals surface area contributed by atoms with Crippen LogP contribution in [0.5, 0.6) is 0 Å². The number of nitrogens with one attached hydrogen (secondary N) is 1. The molecule has 0 radical (unpaired) electrons. The Balaban J connectivity index is 3.46. The van der Waals surface area contributed by atoms with Crippen LogP contribution < -0.4 is 5.32 Å². The van der Waals surface area contributed by atoms with Crippen LogP contribution in [-0.4, -0.2) is 34.9 Å². The van der Waals surface area contributed by atoms with Crippen LogP contribution in [-0.2, 0) is 4.79 Å². The van der Waals surface area contributed by atoms with Crippen molar-refractivity contribution in [1.82, 2.24) is 5.32 Å². The largest absolute Gasteiger partial charge is 0.394 e. The second-order valence-electron chi connectivity index (χ2n) is 22.5. The van der Waals surface area contributed by atoms with Crippen molar-refractivity contribution in [2.24, 2.45) is 0 Å². The zero-order valence-corrected chi connectivity index (χ0v) is 49.0. The van der Waals surface area contributed by atoms with Crippen molar-refractivity contribution < 1.29 is 15.0 Å². The molecule has 0 aliphatic heterocycles. The lowest BCUT2D eigenvalue weighted by Gasteiger charge is -2.19. The monoisotopic (exact) mass is 1010 g/mol. The van der Waals surface area contributed by atoms with E-state index in [1.165, 1.54) is 302 Å². The number of hydrogen-bond acceptors (Lipinski definition) is 3. The van der Waals surface area contributed by atoms with E-state index in [-0.39, 0.29) is 12.5 Å². The van der Waals surface area contributed by atoms with Crippen LogP contribution in [0.25, 0.3) is 0 Å². The van der Waals surface area contributed by atoms with Crippen molar-refractivity contribution in [3.63, 3.8) is 0 Å². The highest BCUT2D eigenvalue weighted by molar-refractivity contribution is 5.76. The van der Waals surface area contributed by atoms with Gasteiger partial charge in [0.2, 0.25) is 5.91 Å². The average molecular weight is 1010 g/mol. The van der Waals surface area contributed by atoms with Crippen LogP contribution in [0.15, 0.2) is 48.6 Å². The predicted octanol–water partition coefficient (Wildman–Crippen LogP) is 22.2. The van der Waals surface area contributed by atoms with Gasteiger partial charge in [0.1, 0.15) is 0 Å². The molecule has 4 heteroatoms. The number of unbranched alkanes of at least 4 members (excludes halogenated alkanes) is 48. The number of amides is 1. The summed E-state index contributed by atoms with van der Waals surface area (Å²) < 4.78 is 0. The lowest BCUT2D eigenvalue weighted by atomic mass is 10.0. The quantitative estimate of drug-likeness (QED) is 0.0420. The smallest absolute Gasteiger partial charge is 0.220 e. The van der Waals surface area contributed by atoms with E-state index in [2.05, 4.69) is 55.6 Å². The minimum atomic E-state index is -0.864. The summed E-state index contributed by atoms with van der Waals surface area (Å²) in [6.45, 7) is 4.34. The molecule has 0 aromatic rings. The molecule has 0 aliphatic carbocycles. The molecule has 0 aromatic heterocycles.